The molecule has 3 N–H and O–H groups in total. The van der Waals surface area contributed by atoms with Gasteiger partial charge in [-0.25, -0.2) is 4.79 Å². The van der Waals surface area contributed by atoms with E-state index < -0.39 is 24.1 Å². The number of aryl methyl sites for hydroxylation is 1. The fraction of sp³-hybridized carbons (Fsp3) is 0.647. The first-order valence-corrected chi connectivity index (χ1v) is 10.1. The van der Waals surface area contributed by atoms with E-state index in [1.165, 1.54) is 11.8 Å². The Labute approximate surface area is 162 Å². The molecule has 1 aliphatic heterocycles. The number of amides is 3. The maximum atomic E-state index is 12.7. The van der Waals surface area contributed by atoms with E-state index >= 15 is 0 Å². The number of nitrogens with zero attached hydrogens (tertiary/aromatic N) is 3. The molecule has 10 heteroatoms. The van der Waals surface area contributed by atoms with Crippen molar-refractivity contribution in [1.82, 2.24) is 25.3 Å². The summed E-state index contributed by atoms with van der Waals surface area (Å²) in [6.07, 6.45) is 2.83. The second-order valence-corrected chi connectivity index (χ2v) is 8.15. The zero-order valence-corrected chi connectivity index (χ0v) is 16.7. The number of aromatic nitrogens is 2. The van der Waals surface area contributed by atoms with Crippen LogP contribution in [0.4, 0.5) is 4.79 Å². The Morgan fingerprint density at radius 1 is 1.41 bits per heavy atom. The lowest BCUT2D eigenvalue weighted by molar-refractivity contribution is -0.131. The molecule has 27 heavy (non-hydrogen) atoms. The lowest BCUT2D eigenvalue weighted by atomic mass is 10.0. The molecule has 1 saturated heterocycles. The first kappa shape index (κ1) is 21.1. The summed E-state index contributed by atoms with van der Waals surface area (Å²) in [6.45, 7) is 4.55. The highest BCUT2D eigenvalue weighted by Crippen LogP contribution is 2.17. The number of carboxylic acid groups (broad SMARTS) is 1. The van der Waals surface area contributed by atoms with Crippen molar-refractivity contribution in [2.45, 2.75) is 38.9 Å². The molecule has 2 rings (SSSR count). The molecule has 2 atom stereocenters. The molecule has 0 aromatic carbocycles. The number of thioether (sulfide) groups is 1. The van der Waals surface area contributed by atoms with Crippen molar-refractivity contribution < 1.29 is 19.5 Å². The summed E-state index contributed by atoms with van der Waals surface area (Å²) in [5, 5.41) is 18.9. The standard InChI is InChI=1S/C17H27N5O4S/c1-11(2)6-13(15(23)18-7-12-8-19-21(3)9-12)20-16(24)14-10-27-5-4-22(14)17(25)26/h8-9,11,13-14H,4-7,10H2,1-3H3,(H,18,23)(H,20,24)(H,25,26)/t13?,14-/m0/s1. The second kappa shape index (κ2) is 9.63. The van der Waals surface area contributed by atoms with Crippen molar-refractivity contribution >= 4 is 29.7 Å². The van der Waals surface area contributed by atoms with Crippen molar-refractivity contribution in [2.75, 3.05) is 18.1 Å². The molecule has 1 unspecified atom stereocenters. The molecule has 0 spiro atoms. The minimum atomic E-state index is -1.11. The van der Waals surface area contributed by atoms with Gasteiger partial charge in [0, 0.05) is 43.4 Å². The Morgan fingerprint density at radius 3 is 2.74 bits per heavy atom. The average molecular weight is 398 g/mol. The zero-order chi connectivity index (χ0) is 20.0. The Bertz CT molecular complexity index is 678. The fourth-order valence-electron chi connectivity index (χ4n) is 2.90. The fourth-order valence-corrected chi connectivity index (χ4v) is 3.94. The first-order chi connectivity index (χ1) is 12.8. The van der Waals surface area contributed by atoms with Crippen LogP contribution in [-0.4, -0.2) is 67.8 Å². The van der Waals surface area contributed by atoms with Crippen LogP contribution in [0.1, 0.15) is 25.8 Å². The van der Waals surface area contributed by atoms with E-state index in [1.807, 2.05) is 13.8 Å². The summed E-state index contributed by atoms with van der Waals surface area (Å²) >= 11 is 1.54. The molecule has 0 aliphatic carbocycles. The highest BCUT2D eigenvalue weighted by atomic mass is 32.2. The summed E-state index contributed by atoms with van der Waals surface area (Å²) in [4.78, 5) is 37.8. The highest BCUT2D eigenvalue weighted by Gasteiger charge is 2.34. The van der Waals surface area contributed by atoms with Crippen molar-refractivity contribution in [3.8, 4) is 0 Å². The summed E-state index contributed by atoms with van der Waals surface area (Å²) in [7, 11) is 1.80. The highest BCUT2D eigenvalue weighted by molar-refractivity contribution is 7.99. The minimum Gasteiger partial charge on any atom is -0.465 e. The van der Waals surface area contributed by atoms with Gasteiger partial charge in [-0.2, -0.15) is 16.9 Å². The van der Waals surface area contributed by atoms with Crippen LogP contribution in [0.3, 0.4) is 0 Å². The molecule has 1 aromatic heterocycles. The largest absolute Gasteiger partial charge is 0.465 e. The normalized spacial score (nSPS) is 18.2. The second-order valence-electron chi connectivity index (χ2n) is 7.00. The van der Waals surface area contributed by atoms with Gasteiger partial charge in [-0.05, 0) is 12.3 Å². The van der Waals surface area contributed by atoms with Crippen molar-refractivity contribution in [3.63, 3.8) is 0 Å². The van der Waals surface area contributed by atoms with Crippen LogP contribution in [-0.2, 0) is 23.2 Å². The number of hydrogen-bond acceptors (Lipinski definition) is 5. The maximum Gasteiger partial charge on any atom is 0.408 e. The van der Waals surface area contributed by atoms with Gasteiger partial charge in [0.15, 0.2) is 0 Å². The Hall–Kier alpha value is -2.23. The predicted octanol–water partition coefficient (Wildman–Crippen LogP) is 0.663. The minimum absolute atomic E-state index is 0.191. The zero-order valence-electron chi connectivity index (χ0n) is 15.8. The van der Waals surface area contributed by atoms with Gasteiger partial charge < -0.3 is 15.7 Å². The van der Waals surface area contributed by atoms with Crippen LogP contribution in [0, 0.1) is 5.92 Å². The summed E-state index contributed by atoms with van der Waals surface area (Å²) in [6, 6.07) is -1.49. The molecule has 0 saturated carbocycles. The quantitative estimate of drug-likeness (QED) is 0.622. The van der Waals surface area contributed by atoms with Gasteiger partial charge in [0.05, 0.1) is 6.20 Å². The van der Waals surface area contributed by atoms with Crippen LogP contribution < -0.4 is 10.6 Å². The van der Waals surface area contributed by atoms with E-state index in [2.05, 4.69) is 15.7 Å². The number of carbonyl (C=O) groups excluding carboxylic acids is 2. The Morgan fingerprint density at radius 2 is 2.15 bits per heavy atom. The predicted molar refractivity (Wildman–Crippen MR) is 102 cm³/mol. The van der Waals surface area contributed by atoms with Crippen LogP contribution in [0.2, 0.25) is 0 Å². The average Bonchev–Trinajstić information content (AvgIpc) is 3.04. The van der Waals surface area contributed by atoms with E-state index in [9.17, 15) is 19.5 Å². The molecule has 1 aromatic rings. The van der Waals surface area contributed by atoms with Gasteiger partial charge in [-0.3, -0.25) is 19.2 Å². The monoisotopic (exact) mass is 397 g/mol. The first-order valence-electron chi connectivity index (χ1n) is 8.90. The number of nitrogens with one attached hydrogen (secondary N) is 2. The van der Waals surface area contributed by atoms with Crippen molar-refractivity contribution in [2.24, 2.45) is 13.0 Å². The van der Waals surface area contributed by atoms with Crippen molar-refractivity contribution in [1.29, 1.82) is 0 Å². The molecule has 1 aliphatic rings. The van der Waals surface area contributed by atoms with Crippen LogP contribution in [0.25, 0.3) is 0 Å². The van der Waals surface area contributed by atoms with Crippen molar-refractivity contribution in [3.05, 3.63) is 18.0 Å². The molecular weight excluding hydrogens is 370 g/mol. The molecule has 2 heterocycles. The SMILES string of the molecule is CC(C)CC(NC(=O)[C@@H]1CSCCN1C(=O)O)C(=O)NCc1cnn(C)c1. The molecule has 0 bridgehead atoms. The topological polar surface area (TPSA) is 117 Å². The van der Waals surface area contributed by atoms with E-state index in [1.54, 1.807) is 24.1 Å². The van der Waals surface area contributed by atoms with Gasteiger partial charge >= 0.3 is 6.09 Å². The van der Waals surface area contributed by atoms with Gasteiger partial charge in [0.25, 0.3) is 0 Å². The van der Waals surface area contributed by atoms with Crippen LogP contribution >= 0.6 is 11.8 Å². The smallest absolute Gasteiger partial charge is 0.408 e. The molecule has 9 nitrogen and oxygen atoms in total. The number of carbonyl (C=O) groups is 3. The summed E-state index contributed by atoms with van der Waals surface area (Å²) in [5.41, 5.74) is 0.862. The summed E-state index contributed by atoms with van der Waals surface area (Å²) < 4.78 is 1.65. The molecule has 3 amide bonds. The molecule has 0 radical (unpaired) electrons. The Balaban J connectivity index is 2.00. The maximum absolute atomic E-state index is 12.7. The number of hydrogen-bond donors (Lipinski definition) is 3. The lowest BCUT2D eigenvalue weighted by Gasteiger charge is -2.33. The third kappa shape index (κ3) is 6.16. The van der Waals surface area contributed by atoms with E-state index in [4.69, 9.17) is 0 Å². The molecular formula is C17H27N5O4S. The van der Waals surface area contributed by atoms with E-state index in [0.717, 1.165) is 10.5 Å². The van der Waals surface area contributed by atoms with E-state index in [-0.39, 0.29) is 11.8 Å². The third-order valence-corrected chi connectivity index (χ3v) is 5.26. The van der Waals surface area contributed by atoms with Crippen LogP contribution in [0.5, 0.6) is 0 Å². The lowest BCUT2D eigenvalue weighted by Crippen LogP contribution is -2.57. The van der Waals surface area contributed by atoms with E-state index in [0.29, 0.717) is 31.0 Å². The summed E-state index contributed by atoms with van der Waals surface area (Å²) in [5.74, 6) is 0.537. The van der Waals surface area contributed by atoms with Crippen LogP contribution in [0.15, 0.2) is 12.4 Å². The third-order valence-electron chi connectivity index (χ3n) is 4.24. The van der Waals surface area contributed by atoms with Gasteiger partial charge in [0.2, 0.25) is 11.8 Å². The van der Waals surface area contributed by atoms with Gasteiger partial charge in [0.1, 0.15) is 12.1 Å². The van der Waals surface area contributed by atoms with Gasteiger partial charge in [-0.15, -0.1) is 0 Å². The van der Waals surface area contributed by atoms with Gasteiger partial charge in [-0.1, -0.05) is 13.8 Å². The molecule has 150 valence electrons. The molecule has 1 fully saturated rings. The number of rotatable bonds is 7. The Kier molecular flexibility index (Phi) is 7.52.